The smallest absolute Gasteiger partial charge is 0.228 e. The topological polar surface area (TPSA) is 71.0 Å². The molecule has 2 aromatic rings. The molecule has 0 radical (unpaired) electrons. The van der Waals surface area contributed by atoms with Crippen molar-refractivity contribution in [3.05, 3.63) is 22.7 Å². The van der Waals surface area contributed by atoms with Gasteiger partial charge in [0.1, 0.15) is 6.33 Å². The number of thiophene rings is 1. The summed E-state index contributed by atoms with van der Waals surface area (Å²) in [6.45, 7) is 2.04. The zero-order chi connectivity index (χ0) is 14.7. The number of carbonyl (C=O) groups excluding carboxylic acids is 1. The van der Waals surface area contributed by atoms with E-state index < -0.39 is 0 Å². The Kier molecular flexibility index (Phi) is 4.21. The number of piperidine rings is 1. The maximum Gasteiger partial charge on any atom is 0.228 e. The lowest BCUT2D eigenvalue weighted by molar-refractivity contribution is 0.112. The molecule has 1 aliphatic rings. The summed E-state index contributed by atoms with van der Waals surface area (Å²) >= 11 is 1.40. The van der Waals surface area contributed by atoms with Gasteiger partial charge in [-0.2, -0.15) is 4.98 Å². The zero-order valence-electron chi connectivity index (χ0n) is 11.8. The molecule has 0 saturated carbocycles. The molecular weight excluding hydrogens is 286 g/mol. The monoisotopic (exact) mass is 303 g/mol. The molecule has 0 bridgehead atoms. The van der Waals surface area contributed by atoms with Crippen LogP contribution in [0.1, 0.15) is 22.5 Å². The lowest BCUT2D eigenvalue weighted by Gasteiger charge is -2.31. The molecule has 6 nitrogen and oxygen atoms in total. The molecular formula is C14H17N5OS. The van der Waals surface area contributed by atoms with Crippen molar-refractivity contribution in [2.75, 3.05) is 25.0 Å². The molecule has 1 saturated heterocycles. The minimum Gasteiger partial charge on any atom is -0.341 e. The summed E-state index contributed by atoms with van der Waals surface area (Å²) in [6.07, 6.45) is 4.52. The average Bonchev–Trinajstić information content (AvgIpc) is 3.04. The summed E-state index contributed by atoms with van der Waals surface area (Å²) in [4.78, 5) is 26.8. The van der Waals surface area contributed by atoms with Crippen molar-refractivity contribution >= 4 is 23.6 Å². The molecule has 0 unspecified atom stereocenters. The first kappa shape index (κ1) is 14.1. The summed E-state index contributed by atoms with van der Waals surface area (Å²) in [6, 6.07) is 2.31. The van der Waals surface area contributed by atoms with E-state index in [1.54, 1.807) is 0 Å². The van der Waals surface area contributed by atoms with Crippen molar-refractivity contribution < 1.29 is 4.79 Å². The quantitative estimate of drug-likeness (QED) is 0.865. The summed E-state index contributed by atoms with van der Waals surface area (Å²) < 4.78 is 0. The van der Waals surface area contributed by atoms with Gasteiger partial charge in [-0.05, 0) is 37.4 Å². The second kappa shape index (κ2) is 6.28. The van der Waals surface area contributed by atoms with Gasteiger partial charge in [0.05, 0.1) is 4.88 Å². The van der Waals surface area contributed by atoms with Gasteiger partial charge in [0.25, 0.3) is 0 Å². The fourth-order valence-corrected chi connectivity index (χ4v) is 3.23. The average molecular weight is 303 g/mol. The molecule has 0 amide bonds. The third-order valence-electron chi connectivity index (χ3n) is 3.77. The number of rotatable bonds is 4. The van der Waals surface area contributed by atoms with Gasteiger partial charge in [0.2, 0.25) is 5.95 Å². The first-order valence-electron chi connectivity index (χ1n) is 6.95. The second-order valence-corrected chi connectivity index (χ2v) is 5.97. The predicted molar refractivity (Wildman–Crippen MR) is 82.8 cm³/mol. The van der Waals surface area contributed by atoms with Crippen LogP contribution in [-0.2, 0) is 0 Å². The van der Waals surface area contributed by atoms with E-state index in [-0.39, 0.29) is 0 Å². The van der Waals surface area contributed by atoms with Gasteiger partial charge in [-0.3, -0.25) is 4.79 Å². The van der Waals surface area contributed by atoms with E-state index in [1.165, 1.54) is 17.7 Å². The van der Waals surface area contributed by atoms with Gasteiger partial charge in [-0.15, -0.1) is 11.3 Å². The van der Waals surface area contributed by atoms with Crippen molar-refractivity contribution in [3.63, 3.8) is 0 Å². The highest BCUT2D eigenvalue weighted by Crippen LogP contribution is 2.25. The number of carbonyl (C=O) groups is 1. The zero-order valence-corrected chi connectivity index (χ0v) is 12.6. The summed E-state index contributed by atoms with van der Waals surface area (Å²) in [5, 5.41) is 5.23. The van der Waals surface area contributed by atoms with E-state index in [4.69, 9.17) is 0 Å². The number of aromatic nitrogens is 3. The minimum atomic E-state index is 0.439. The van der Waals surface area contributed by atoms with Crippen molar-refractivity contribution in [1.29, 1.82) is 0 Å². The molecule has 1 fully saturated rings. The normalized spacial score (nSPS) is 15.9. The van der Waals surface area contributed by atoms with Gasteiger partial charge in [0, 0.05) is 18.7 Å². The van der Waals surface area contributed by atoms with E-state index in [2.05, 4.69) is 25.2 Å². The van der Waals surface area contributed by atoms with Crippen LogP contribution in [0.4, 0.5) is 5.95 Å². The van der Waals surface area contributed by atoms with E-state index in [0.717, 1.165) is 37.8 Å². The van der Waals surface area contributed by atoms with Crippen molar-refractivity contribution in [2.45, 2.75) is 18.9 Å². The third kappa shape index (κ3) is 2.93. The number of nitrogens with one attached hydrogen (secondary N) is 1. The molecule has 2 aromatic heterocycles. The maximum absolute atomic E-state index is 11.0. The fourth-order valence-electron chi connectivity index (χ4n) is 2.54. The van der Waals surface area contributed by atoms with Crippen molar-refractivity contribution in [1.82, 2.24) is 20.3 Å². The maximum atomic E-state index is 11.0. The fraction of sp³-hybridized carbons (Fsp3) is 0.429. The number of hydrogen-bond donors (Lipinski definition) is 1. The van der Waals surface area contributed by atoms with Crippen LogP contribution >= 0.6 is 11.3 Å². The summed E-state index contributed by atoms with van der Waals surface area (Å²) in [5.41, 5.74) is 0.775. The molecule has 21 heavy (non-hydrogen) atoms. The molecule has 7 heteroatoms. The Balaban J connectivity index is 1.87. The van der Waals surface area contributed by atoms with Crippen LogP contribution in [0.5, 0.6) is 0 Å². The van der Waals surface area contributed by atoms with Crippen LogP contribution in [0.2, 0.25) is 0 Å². The van der Waals surface area contributed by atoms with Crippen LogP contribution in [-0.4, -0.2) is 47.4 Å². The van der Waals surface area contributed by atoms with Gasteiger partial charge in [-0.1, -0.05) is 0 Å². The Hall–Kier alpha value is -1.86. The van der Waals surface area contributed by atoms with Gasteiger partial charge in [0.15, 0.2) is 12.1 Å². The second-order valence-electron chi connectivity index (χ2n) is 5.02. The lowest BCUT2D eigenvalue weighted by atomic mass is 10.1. The Morgan fingerprint density at radius 2 is 2.19 bits per heavy atom. The SMILES string of the molecule is CN(c1ncnc(-c2ccsc2C=O)n1)C1CCNCC1. The summed E-state index contributed by atoms with van der Waals surface area (Å²) in [7, 11) is 2.02. The summed E-state index contributed by atoms with van der Waals surface area (Å²) in [5.74, 6) is 1.22. The minimum absolute atomic E-state index is 0.439. The third-order valence-corrected chi connectivity index (χ3v) is 4.62. The highest BCUT2D eigenvalue weighted by molar-refractivity contribution is 7.12. The molecule has 0 atom stereocenters. The van der Waals surface area contributed by atoms with E-state index >= 15 is 0 Å². The standard InChI is InChI=1S/C14H17N5OS/c1-19(10-2-5-15-6-3-10)14-17-9-16-13(18-14)11-4-7-21-12(11)8-20/h4,7-10,15H,2-3,5-6H2,1H3. The van der Waals surface area contributed by atoms with Crippen LogP contribution < -0.4 is 10.2 Å². The van der Waals surface area contributed by atoms with Gasteiger partial charge < -0.3 is 10.2 Å². The van der Waals surface area contributed by atoms with Crippen molar-refractivity contribution in [2.24, 2.45) is 0 Å². The first-order chi connectivity index (χ1) is 10.3. The number of nitrogens with zero attached hydrogens (tertiary/aromatic N) is 4. The Morgan fingerprint density at radius 3 is 2.95 bits per heavy atom. The lowest BCUT2D eigenvalue weighted by Crippen LogP contribution is -2.41. The Bertz CT molecular complexity index is 623. The number of anilines is 1. The first-order valence-corrected chi connectivity index (χ1v) is 7.83. The molecule has 3 rings (SSSR count). The van der Waals surface area contributed by atoms with Gasteiger partial charge in [-0.25, -0.2) is 9.97 Å². The van der Waals surface area contributed by atoms with Crippen LogP contribution in [0.15, 0.2) is 17.8 Å². The van der Waals surface area contributed by atoms with Crippen LogP contribution in [0.25, 0.3) is 11.4 Å². The Labute approximate surface area is 127 Å². The number of hydrogen-bond acceptors (Lipinski definition) is 7. The molecule has 1 aliphatic heterocycles. The molecule has 1 N–H and O–H groups in total. The highest BCUT2D eigenvalue weighted by Gasteiger charge is 2.20. The van der Waals surface area contributed by atoms with E-state index in [9.17, 15) is 4.79 Å². The molecule has 0 spiro atoms. The van der Waals surface area contributed by atoms with Crippen LogP contribution in [0.3, 0.4) is 0 Å². The van der Waals surface area contributed by atoms with Crippen LogP contribution in [0, 0.1) is 0 Å². The molecule has 110 valence electrons. The highest BCUT2D eigenvalue weighted by atomic mass is 32.1. The number of aldehydes is 1. The van der Waals surface area contributed by atoms with E-state index in [1.807, 2.05) is 18.5 Å². The van der Waals surface area contributed by atoms with E-state index in [0.29, 0.717) is 22.7 Å². The van der Waals surface area contributed by atoms with Crippen molar-refractivity contribution in [3.8, 4) is 11.4 Å². The predicted octanol–water partition coefficient (Wildman–Crippen LogP) is 1.60. The molecule has 0 aromatic carbocycles. The molecule has 0 aliphatic carbocycles. The Morgan fingerprint density at radius 1 is 1.38 bits per heavy atom. The largest absolute Gasteiger partial charge is 0.341 e. The molecule has 3 heterocycles. The van der Waals surface area contributed by atoms with Gasteiger partial charge >= 0.3 is 0 Å².